The Morgan fingerprint density at radius 3 is 2.61 bits per heavy atom. The summed E-state index contributed by atoms with van der Waals surface area (Å²) in [7, 11) is 0. The van der Waals surface area contributed by atoms with Gasteiger partial charge in [0, 0.05) is 12.6 Å². The molecule has 1 unspecified atom stereocenters. The third kappa shape index (κ3) is 3.81. The standard InChI is InChI=1S/C15H25NOS/c1-11(2)12-3-5-14(6-4-12)16-9-15(17)13-7-8-18-10-13/h7-8,10-12,14-17H,3-6,9H2,1-2H3. The van der Waals surface area contributed by atoms with Gasteiger partial charge in [0.2, 0.25) is 0 Å². The second-order valence-electron chi connectivity index (χ2n) is 5.84. The molecule has 1 aliphatic rings. The van der Waals surface area contributed by atoms with Crippen molar-refractivity contribution < 1.29 is 5.11 Å². The third-order valence-electron chi connectivity index (χ3n) is 4.24. The first-order chi connectivity index (χ1) is 8.66. The average molecular weight is 267 g/mol. The molecule has 2 nitrogen and oxygen atoms in total. The lowest BCUT2D eigenvalue weighted by Crippen LogP contribution is -2.36. The van der Waals surface area contributed by atoms with E-state index in [-0.39, 0.29) is 6.10 Å². The zero-order chi connectivity index (χ0) is 13.0. The lowest BCUT2D eigenvalue weighted by Gasteiger charge is -2.31. The van der Waals surface area contributed by atoms with Crippen molar-refractivity contribution in [3.63, 3.8) is 0 Å². The van der Waals surface area contributed by atoms with Crippen LogP contribution in [0.25, 0.3) is 0 Å². The number of hydrogen-bond acceptors (Lipinski definition) is 3. The molecule has 0 aromatic carbocycles. The number of nitrogens with one attached hydrogen (secondary N) is 1. The Morgan fingerprint density at radius 2 is 2.06 bits per heavy atom. The van der Waals surface area contributed by atoms with Crippen LogP contribution in [0, 0.1) is 11.8 Å². The van der Waals surface area contributed by atoms with E-state index in [1.54, 1.807) is 11.3 Å². The lowest BCUT2D eigenvalue weighted by molar-refractivity contribution is 0.159. The molecule has 1 saturated carbocycles. The highest BCUT2D eigenvalue weighted by Gasteiger charge is 2.23. The van der Waals surface area contributed by atoms with E-state index in [0.29, 0.717) is 12.6 Å². The summed E-state index contributed by atoms with van der Waals surface area (Å²) >= 11 is 1.65. The molecule has 0 radical (unpaired) electrons. The van der Waals surface area contributed by atoms with Gasteiger partial charge in [0.15, 0.2) is 0 Å². The third-order valence-corrected chi connectivity index (χ3v) is 4.94. The first kappa shape index (κ1) is 14.0. The fraction of sp³-hybridized carbons (Fsp3) is 0.733. The zero-order valence-corrected chi connectivity index (χ0v) is 12.2. The maximum atomic E-state index is 10.0. The monoisotopic (exact) mass is 267 g/mol. The minimum Gasteiger partial charge on any atom is -0.387 e. The van der Waals surface area contributed by atoms with Crippen molar-refractivity contribution in [2.45, 2.75) is 51.7 Å². The molecule has 1 aromatic heterocycles. The van der Waals surface area contributed by atoms with Crippen molar-refractivity contribution in [2.75, 3.05) is 6.54 Å². The normalized spacial score (nSPS) is 26.4. The summed E-state index contributed by atoms with van der Waals surface area (Å²) in [5.74, 6) is 1.73. The predicted molar refractivity (Wildman–Crippen MR) is 77.9 cm³/mol. The molecular formula is C15H25NOS. The van der Waals surface area contributed by atoms with Gasteiger partial charge < -0.3 is 10.4 Å². The van der Waals surface area contributed by atoms with Gasteiger partial charge in [-0.15, -0.1) is 0 Å². The molecule has 1 aromatic rings. The Hall–Kier alpha value is -0.380. The topological polar surface area (TPSA) is 32.3 Å². The van der Waals surface area contributed by atoms with E-state index >= 15 is 0 Å². The molecule has 2 rings (SSSR count). The van der Waals surface area contributed by atoms with Crippen LogP contribution in [0.15, 0.2) is 16.8 Å². The van der Waals surface area contributed by atoms with E-state index in [2.05, 4.69) is 19.2 Å². The first-order valence-electron chi connectivity index (χ1n) is 7.10. The number of aliphatic hydroxyl groups excluding tert-OH is 1. The summed E-state index contributed by atoms with van der Waals surface area (Å²) in [6.07, 6.45) is 4.85. The summed E-state index contributed by atoms with van der Waals surface area (Å²) in [6.45, 7) is 5.35. The number of thiophene rings is 1. The van der Waals surface area contributed by atoms with E-state index in [4.69, 9.17) is 0 Å². The molecule has 3 heteroatoms. The Kier molecular flexibility index (Phi) is 5.22. The second-order valence-corrected chi connectivity index (χ2v) is 6.62. The summed E-state index contributed by atoms with van der Waals surface area (Å²) in [6, 6.07) is 2.61. The van der Waals surface area contributed by atoms with E-state index in [9.17, 15) is 5.11 Å². The molecule has 0 saturated heterocycles. The first-order valence-corrected chi connectivity index (χ1v) is 8.04. The Labute approximate surface area is 114 Å². The van der Waals surface area contributed by atoms with Gasteiger partial charge in [-0.25, -0.2) is 0 Å². The molecule has 0 bridgehead atoms. The fourth-order valence-electron chi connectivity index (χ4n) is 2.85. The summed E-state index contributed by atoms with van der Waals surface area (Å²) in [5, 5.41) is 17.6. The smallest absolute Gasteiger partial charge is 0.0922 e. The van der Waals surface area contributed by atoms with Crippen molar-refractivity contribution in [2.24, 2.45) is 11.8 Å². The quantitative estimate of drug-likeness (QED) is 0.854. The van der Waals surface area contributed by atoms with Crippen molar-refractivity contribution >= 4 is 11.3 Å². The molecular weight excluding hydrogens is 242 g/mol. The van der Waals surface area contributed by atoms with Crippen molar-refractivity contribution in [3.05, 3.63) is 22.4 Å². The van der Waals surface area contributed by atoms with Gasteiger partial charge >= 0.3 is 0 Å². The highest BCUT2D eigenvalue weighted by Crippen LogP contribution is 2.30. The maximum Gasteiger partial charge on any atom is 0.0922 e. The molecule has 1 fully saturated rings. The Balaban J connectivity index is 1.69. The number of aliphatic hydroxyl groups is 1. The van der Waals surface area contributed by atoms with Crippen LogP contribution in [-0.2, 0) is 0 Å². The molecule has 1 atom stereocenters. The van der Waals surface area contributed by atoms with Crippen LogP contribution in [0.4, 0.5) is 0 Å². The fourth-order valence-corrected chi connectivity index (χ4v) is 3.56. The molecule has 102 valence electrons. The lowest BCUT2D eigenvalue weighted by atomic mass is 9.79. The Morgan fingerprint density at radius 1 is 1.33 bits per heavy atom. The molecule has 2 N–H and O–H groups in total. The van der Waals surface area contributed by atoms with Gasteiger partial charge in [0.1, 0.15) is 0 Å². The Bertz CT molecular complexity index is 328. The summed E-state index contributed by atoms with van der Waals surface area (Å²) < 4.78 is 0. The van der Waals surface area contributed by atoms with Crippen molar-refractivity contribution in [3.8, 4) is 0 Å². The van der Waals surface area contributed by atoms with Crippen LogP contribution >= 0.6 is 11.3 Å². The van der Waals surface area contributed by atoms with Crippen molar-refractivity contribution in [1.82, 2.24) is 5.32 Å². The van der Waals surface area contributed by atoms with E-state index in [1.165, 1.54) is 25.7 Å². The van der Waals surface area contributed by atoms with Gasteiger partial charge in [-0.05, 0) is 59.9 Å². The highest BCUT2D eigenvalue weighted by atomic mass is 32.1. The van der Waals surface area contributed by atoms with Crippen LogP contribution in [0.2, 0.25) is 0 Å². The van der Waals surface area contributed by atoms with E-state index in [1.807, 2.05) is 16.8 Å². The van der Waals surface area contributed by atoms with E-state index in [0.717, 1.165) is 17.4 Å². The van der Waals surface area contributed by atoms with Gasteiger partial charge in [-0.1, -0.05) is 13.8 Å². The molecule has 1 heterocycles. The number of rotatable bonds is 5. The zero-order valence-electron chi connectivity index (χ0n) is 11.4. The SMILES string of the molecule is CC(C)C1CCC(NCC(O)c2ccsc2)CC1. The van der Waals surface area contributed by atoms with Crippen LogP contribution in [-0.4, -0.2) is 17.7 Å². The van der Waals surface area contributed by atoms with Gasteiger partial charge in [-0.3, -0.25) is 0 Å². The molecule has 1 aliphatic carbocycles. The minimum absolute atomic E-state index is 0.348. The minimum atomic E-state index is -0.348. The highest BCUT2D eigenvalue weighted by molar-refractivity contribution is 7.07. The summed E-state index contributed by atoms with van der Waals surface area (Å²) in [4.78, 5) is 0. The number of hydrogen-bond donors (Lipinski definition) is 2. The molecule has 0 aliphatic heterocycles. The molecule has 0 spiro atoms. The predicted octanol–water partition coefficient (Wildman–Crippen LogP) is 3.59. The van der Waals surface area contributed by atoms with Crippen LogP contribution in [0.3, 0.4) is 0 Å². The van der Waals surface area contributed by atoms with Gasteiger partial charge in [-0.2, -0.15) is 11.3 Å². The largest absolute Gasteiger partial charge is 0.387 e. The van der Waals surface area contributed by atoms with Crippen molar-refractivity contribution in [1.29, 1.82) is 0 Å². The van der Waals surface area contributed by atoms with Gasteiger partial charge in [0.25, 0.3) is 0 Å². The maximum absolute atomic E-state index is 10.0. The van der Waals surface area contributed by atoms with Crippen LogP contribution in [0.1, 0.15) is 51.2 Å². The summed E-state index contributed by atoms with van der Waals surface area (Å²) in [5.41, 5.74) is 1.04. The average Bonchev–Trinajstić information content (AvgIpc) is 2.90. The van der Waals surface area contributed by atoms with E-state index < -0.39 is 0 Å². The molecule has 0 amide bonds. The van der Waals surface area contributed by atoms with Crippen LogP contribution < -0.4 is 5.32 Å². The van der Waals surface area contributed by atoms with Crippen LogP contribution in [0.5, 0.6) is 0 Å². The van der Waals surface area contributed by atoms with Gasteiger partial charge in [0.05, 0.1) is 6.10 Å². The molecule has 18 heavy (non-hydrogen) atoms. The second kappa shape index (κ2) is 6.69.